The van der Waals surface area contributed by atoms with E-state index in [-0.39, 0.29) is 12.5 Å². The van der Waals surface area contributed by atoms with Gasteiger partial charge in [0.05, 0.1) is 13.2 Å². The fourth-order valence-corrected chi connectivity index (χ4v) is 3.03. The zero-order valence-electron chi connectivity index (χ0n) is 16.4. The van der Waals surface area contributed by atoms with Crippen molar-refractivity contribution < 1.29 is 9.53 Å². The lowest BCUT2D eigenvalue weighted by Gasteiger charge is -2.23. The van der Waals surface area contributed by atoms with Gasteiger partial charge in [0, 0.05) is 32.6 Å². The van der Waals surface area contributed by atoms with Crippen LogP contribution in [0, 0.1) is 0 Å². The molecular weight excluding hydrogens is 360 g/mol. The molecule has 2 aromatic rings. The summed E-state index contributed by atoms with van der Waals surface area (Å²) < 4.78 is 5.49. The molecule has 27 heavy (non-hydrogen) atoms. The minimum absolute atomic E-state index is 0.0279. The molecule has 1 heterocycles. The monoisotopic (exact) mass is 388 g/mol. The highest BCUT2D eigenvalue weighted by Crippen LogP contribution is 2.13. The van der Waals surface area contributed by atoms with Crippen molar-refractivity contribution >= 4 is 23.2 Å². The van der Waals surface area contributed by atoms with E-state index in [0.29, 0.717) is 25.7 Å². The van der Waals surface area contributed by atoms with E-state index in [1.165, 1.54) is 4.88 Å². The van der Waals surface area contributed by atoms with Crippen LogP contribution in [0.5, 0.6) is 5.75 Å². The van der Waals surface area contributed by atoms with Crippen LogP contribution >= 0.6 is 11.3 Å². The number of amides is 1. The Balaban J connectivity index is 2.05. The van der Waals surface area contributed by atoms with E-state index in [4.69, 9.17) is 4.74 Å². The fraction of sp³-hybridized carbons (Fsp3) is 0.400. The van der Waals surface area contributed by atoms with Gasteiger partial charge in [-0.1, -0.05) is 18.2 Å². The first-order valence-electron chi connectivity index (χ1n) is 8.93. The van der Waals surface area contributed by atoms with E-state index >= 15 is 0 Å². The molecule has 0 aliphatic heterocycles. The summed E-state index contributed by atoms with van der Waals surface area (Å²) in [6.07, 6.45) is 0. The summed E-state index contributed by atoms with van der Waals surface area (Å²) in [5, 5.41) is 5.41. The second-order valence-electron chi connectivity index (χ2n) is 6.29. The van der Waals surface area contributed by atoms with Gasteiger partial charge in [-0.05, 0) is 36.1 Å². The number of benzene rings is 1. The van der Waals surface area contributed by atoms with Crippen molar-refractivity contribution in [3.63, 3.8) is 0 Å². The molecule has 1 aromatic carbocycles. The van der Waals surface area contributed by atoms with Crippen molar-refractivity contribution in [2.75, 3.05) is 34.3 Å². The van der Waals surface area contributed by atoms with Gasteiger partial charge >= 0.3 is 0 Å². The third-order valence-electron chi connectivity index (χ3n) is 3.88. The maximum Gasteiger partial charge on any atom is 0.243 e. The van der Waals surface area contributed by atoms with Gasteiger partial charge in [-0.3, -0.25) is 4.79 Å². The summed E-state index contributed by atoms with van der Waals surface area (Å²) in [6.45, 7) is 4.10. The normalized spacial score (nSPS) is 11.2. The Hall–Kier alpha value is -2.54. The van der Waals surface area contributed by atoms with Crippen molar-refractivity contribution in [1.29, 1.82) is 0 Å². The van der Waals surface area contributed by atoms with Gasteiger partial charge in [-0.25, -0.2) is 4.99 Å². The average molecular weight is 389 g/mol. The van der Waals surface area contributed by atoms with Crippen LogP contribution in [-0.4, -0.2) is 56.0 Å². The molecular formula is C20H28N4O2S. The lowest BCUT2D eigenvalue weighted by atomic mass is 10.2. The molecule has 2 rings (SSSR count). The van der Waals surface area contributed by atoms with Crippen molar-refractivity contribution in [2.24, 2.45) is 4.99 Å². The number of likely N-dealkylation sites (N-methyl/N-ethyl adjacent to an activating group) is 1. The molecule has 0 spiro atoms. The second-order valence-corrected chi connectivity index (χ2v) is 7.33. The first-order chi connectivity index (χ1) is 13.0. The smallest absolute Gasteiger partial charge is 0.243 e. The van der Waals surface area contributed by atoms with Crippen molar-refractivity contribution in [2.45, 2.75) is 20.0 Å². The molecule has 7 heteroatoms. The highest BCUT2D eigenvalue weighted by atomic mass is 32.1. The van der Waals surface area contributed by atoms with Crippen LogP contribution in [0.3, 0.4) is 0 Å². The molecule has 6 nitrogen and oxygen atoms in total. The predicted octanol–water partition coefficient (Wildman–Crippen LogP) is 2.81. The van der Waals surface area contributed by atoms with Crippen molar-refractivity contribution in [1.82, 2.24) is 15.1 Å². The van der Waals surface area contributed by atoms with Crippen LogP contribution in [0.25, 0.3) is 0 Å². The Bertz CT molecular complexity index is 727. The Morgan fingerprint density at radius 1 is 1.19 bits per heavy atom. The van der Waals surface area contributed by atoms with Crippen LogP contribution in [0.15, 0.2) is 46.8 Å². The Morgan fingerprint density at radius 2 is 1.93 bits per heavy atom. The van der Waals surface area contributed by atoms with E-state index in [9.17, 15) is 4.79 Å². The SMILES string of the molecule is CCOc1ccc(CN(C)C(=NCC(=O)N(C)C)NCc2cccs2)cc1. The molecule has 0 radical (unpaired) electrons. The summed E-state index contributed by atoms with van der Waals surface area (Å²) in [6, 6.07) is 12.1. The van der Waals surface area contributed by atoms with E-state index < -0.39 is 0 Å². The van der Waals surface area contributed by atoms with Crippen LogP contribution < -0.4 is 10.1 Å². The molecule has 0 saturated heterocycles. The molecule has 0 atom stereocenters. The van der Waals surface area contributed by atoms with Crippen LogP contribution in [0.2, 0.25) is 0 Å². The van der Waals surface area contributed by atoms with Gasteiger partial charge in [-0.15, -0.1) is 11.3 Å². The molecule has 1 amide bonds. The number of carbonyl (C=O) groups is 1. The summed E-state index contributed by atoms with van der Waals surface area (Å²) in [5.41, 5.74) is 1.14. The van der Waals surface area contributed by atoms with E-state index in [1.54, 1.807) is 30.3 Å². The van der Waals surface area contributed by atoms with Crippen LogP contribution in [0.4, 0.5) is 0 Å². The average Bonchev–Trinajstić information content (AvgIpc) is 3.16. The zero-order valence-corrected chi connectivity index (χ0v) is 17.3. The quantitative estimate of drug-likeness (QED) is 0.558. The topological polar surface area (TPSA) is 57.2 Å². The Kier molecular flexibility index (Phi) is 8.13. The van der Waals surface area contributed by atoms with Crippen molar-refractivity contribution in [3.8, 4) is 5.75 Å². The first-order valence-corrected chi connectivity index (χ1v) is 9.81. The van der Waals surface area contributed by atoms with Crippen LogP contribution in [0.1, 0.15) is 17.4 Å². The van der Waals surface area contributed by atoms with Gasteiger partial charge in [0.2, 0.25) is 5.91 Å². The van der Waals surface area contributed by atoms with E-state index in [0.717, 1.165) is 11.3 Å². The number of aliphatic imine (C=N–C) groups is 1. The number of nitrogens with one attached hydrogen (secondary N) is 1. The summed E-state index contributed by atoms with van der Waals surface area (Å²) in [4.78, 5) is 21.2. The number of nitrogens with zero attached hydrogens (tertiary/aromatic N) is 3. The molecule has 0 aliphatic carbocycles. The Morgan fingerprint density at radius 3 is 2.52 bits per heavy atom. The summed E-state index contributed by atoms with van der Waals surface area (Å²) in [5.74, 6) is 1.54. The summed E-state index contributed by atoms with van der Waals surface area (Å²) >= 11 is 1.69. The first kappa shape index (κ1) is 20.8. The van der Waals surface area contributed by atoms with Gasteiger partial charge in [0.1, 0.15) is 12.3 Å². The maximum absolute atomic E-state index is 11.9. The Labute approximate surface area is 165 Å². The number of hydrogen-bond donors (Lipinski definition) is 1. The van der Waals surface area contributed by atoms with E-state index in [2.05, 4.69) is 16.4 Å². The predicted molar refractivity (Wildman–Crippen MR) is 111 cm³/mol. The molecule has 0 saturated carbocycles. The molecule has 0 aliphatic rings. The lowest BCUT2D eigenvalue weighted by Crippen LogP contribution is -2.39. The highest BCUT2D eigenvalue weighted by Gasteiger charge is 2.10. The lowest BCUT2D eigenvalue weighted by molar-refractivity contribution is -0.127. The molecule has 0 unspecified atom stereocenters. The number of carbonyl (C=O) groups excluding carboxylic acids is 1. The van der Waals surface area contributed by atoms with Crippen molar-refractivity contribution in [3.05, 3.63) is 52.2 Å². The minimum atomic E-state index is -0.0279. The van der Waals surface area contributed by atoms with Gasteiger partial charge < -0.3 is 19.9 Å². The maximum atomic E-state index is 11.9. The number of thiophene rings is 1. The van der Waals surface area contributed by atoms with E-state index in [1.807, 2.05) is 54.6 Å². The van der Waals surface area contributed by atoms with Gasteiger partial charge in [0.25, 0.3) is 0 Å². The van der Waals surface area contributed by atoms with Gasteiger partial charge in [-0.2, -0.15) is 0 Å². The largest absolute Gasteiger partial charge is 0.494 e. The number of ether oxygens (including phenoxy) is 1. The number of hydrogen-bond acceptors (Lipinski definition) is 4. The second kappa shape index (κ2) is 10.6. The molecule has 146 valence electrons. The zero-order chi connectivity index (χ0) is 19.6. The molecule has 0 bridgehead atoms. The van der Waals surface area contributed by atoms with Crippen LogP contribution in [-0.2, 0) is 17.9 Å². The van der Waals surface area contributed by atoms with Gasteiger partial charge in [0.15, 0.2) is 5.96 Å². The molecule has 1 N–H and O–H groups in total. The summed E-state index contributed by atoms with van der Waals surface area (Å²) in [7, 11) is 5.44. The third kappa shape index (κ3) is 6.94. The third-order valence-corrected chi connectivity index (χ3v) is 4.76. The molecule has 1 aromatic heterocycles. The number of rotatable bonds is 8. The standard InChI is InChI=1S/C20H28N4O2S/c1-5-26-17-10-8-16(9-11-17)15-24(4)20(22-14-19(25)23(2)3)21-13-18-7-6-12-27-18/h6-12H,5,13-15H2,1-4H3,(H,21,22). The molecule has 0 fully saturated rings. The minimum Gasteiger partial charge on any atom is -0.494 e. The highest BCUT2D eigenvalue weighted by molar-refractivity contribution is 7.09. The number of guanidine groups is 1. The fourth-order valence-electron chi connectivity index (χ4n) is 2.38.